The summed E-state index contributed by atoms with van der Waals surface area (Å²) < 4.78 is 0.705. The van der Waals surface area contributed by atoms with Gasteiger partial charge in [-0.1, -0.05) is 18.5 Å². The Morgan fingerprint density at radius 2 is 2.35 bits per heavy atom. The van der Waals surface area contributed by atoms with Gasteiger partial charge in [0.05, 0.1) is 24.3 Å². The molecule has 17 heavy (non-hydrogen) atoms. The van der Waals surface area contributed by atoms with Crippen molar-refractivity contribution < 1.29 is 9.90 Å². The molecule has 4 nitrogen and oxygen atoms in total. The molecule has 0 spiro atoms. The van der Waals surface area contributed by atoms with Gasteiger partial charge in [-0.05, 0) is 28.4 Å². The average molecular weight is 320 g/mol. The quantitative estimate of drug-likeness (QED) is 0.849. The summed E-state index contributed by atoms with van der Waals surface area (Å²) in [5.41, 5.74) is -0.374. The number of carbonyl (C=O) groups excluding carboxylic acids is 1. The van der Waals surface area contributed by atoms with Crippen LogP contribution in [0, 0.1) is 0 Å². The van der Waals surface area contributed by atoms with Crippen molar-refractivity contribution in [3.8, 4) is 0 Å². The van der Waals surface area contributed by atoms with Gasteiger partial charge >= 0.3 is 0 Å². The van der Waals surface area contributed by atoms with Crippen LogP contribution in [-0.4, -0.2) is 39.6 Å². The lowest BCUT2D eigenvalue weighted by Crippen LogP contribution is -2.63. The number of hydrogen-bond acceptors (Lipinski definition) is 3. The molecule has 1 N–H and O–H groups in total. The topological polar surface area (TPSA) is 53.4 Å². The smallest absolute Gasteiger partial charge is 0.257 e. The van der Waals surface area contributed by atoms with Crippen molar-refractivity contribution in [2.24, 2.45) is 0 Å². The summed E-state index contributed by atoms with van der Waals surface area (Å²) in [6.07, 6.45) is 2.18. The van der Waals surface area contributed by atoms with E-state index in [-0.39, 0.29) is 11.1 Å². The molecule has 1 aromatic rings. The van der Waals surface area contributed by atoms with Gasteiger partial charge in [-0.15, -0.1) is 0 Å². The third-order valence-electron chi connectivity index (χ3n) is 2.95. The first-order valence-electron chi connectivity index (χ1n) is 5.28. The number of nitrogens with zero attached hydrogens (tertiary/aromatic N) is 2. The minimum atomic E-state index is -0.735. The van der Waals surface area contributed by atoms with Crippen LogP contribution in [-0.2, 0) is 0 Å². The normalized spacial score (nSPS) is 17.8. The van der Waals surface area contributed by atoms with Crippen molar-refractivity contribution in [3.63, 3.8) is 0 Å². The number of aliphatic hydroxyl groups is 1. The highest BCUT2D eigenvalue weighted by atomic mass is 79.9. The summed E-state index contributed by atoms with van der Waals surface area (Å²) in [7, 11) is 0. The molecule has 0 bridgehead atoms. The molecule has 1 saturated heterocycles. The Morgan fingerprint density at radius 3 is 2.94 bits per heavy atom. The third kappa shape index (κ3) is 2.46. The van der Waals surface area contributed by atoms with E-state index in [0.717, 1.165) is 0 Å². The second-order valence-electron chi connectivity index (χ2n) is 4.23. The molecular formula is C11H12BrClN2O2. The van der Waals surface area contributed by atoms with Gasteiger partial charge in [-0.25, -0.2) is 4.98 Å². The number of likely N-dealkylation sites (tertiary alicyclic amines) is 1. The predicted molar refractivity (Wildman–Crippen MR) is 68.1 cm³/mol. The number of carbonyl (C=O) groups is 1. The van der Waals surface area contributed by atoms with Crippen molar-refractivity contribution in [2.45, 2.75) is 18.9 Å². The number of β-amino-alcohol motifs (C(OH)–C–C–N with tert-alkyl or cyclic N) is 1. The summed E-state index contributed by atoms with van der Waals surface area (Å²) in [4.78, 5) is 17.5. The van der Waals surface area contributed by atoms with Gasteiger partial charge in [0.2, 0.25) is 0 Å². The van der Waals surface area contributed by atoms with Gasteiger partial charge < -0.3 is 10.0 Å². The van der Waals surface area contributed by atoms with E-state index in [0.29, 0.717) is 29.5 Å². The maximum atomic E-state index is 12.1. The Kier molecular flexibility index (Phi) is 3.43. The zero-order valence-electron chi connectivity index (χ0n) is 9.28. The highest BCUT2D eigenvalue weighted by Gasteiger charge is 2.42. The molecule has 2 heterocycles. The molecule has 1 fully saturated rings. The van der Waals surface area contributed by atoms with Crippen LogP contribution >= 0.6 is 27.5 Å². The molecule has 0 unspecified atom stereocenters. The predicted octanol–water partition coefficient (Wildman–Crippen LogP) is 2.09. The zero-order valence-corrected chi connectivity index (χ0v) is 11.6. The molecule has 0 aliphatic carbocycles. The fourth-order valence-corrected chi connectivity index (χ4v) is 2.29. The van der Waals surface area contributed by atoms with Crippen molar-refractivity contribution in [2.75, 3.05) is 13.1 Å². The van der Waals surface area contributed by atoms with Gasteiger partial charge in [-0.2, -0.15) is 0 Å². The first-order valence-corrected chi connectivity index (χ1v) is 6.45. The molecule has 92 valence electrons. The minimum absolute atomic E-state index is 0.185. The number of rotatable bonds is 2. The lowest BCUT2D eigenvalue weighted by Gasteiger charge is -2.46. The molecule has 1 amide bonds. The summed E-state index contributed by atoms with van der Waals surface area (Å²) >= 11 is 9.13. The van der Waals surface area contributed by atoms with Crippen LogP contribution in [0.1, 0.15) is 23.7 Å². The van der Waals surface area contributed by atoms with Gasteiger partial charge in [0.25, 0.3) is 5.91 Å². The van der Waals surface area contributed by atoms with E-state index < -0.39 is 5.60 Å². The maximum absolute atomic E-state index is 12.1. The number of aromatic nitrogens is 1. The van der Waals surface area contributed by atoms with Gasteiger partial charge in [0.1, 0.15) is 5.15 Å². The lowest BCUT2D eigenvalue weighted by molar-refractivity contribution is -0.0826. The molecule has 0 aromatic carbocycles. The molecule has 0 radical (unpaired) electrons. The second kappa shape index (κ2) is 4.55. The maximum Gasteiger partial charge on any atom is 0.257 e. The van der Waals surface area contributed by atoms with Crippen LogP contribution in [0.25, 0.3) is 0 Å². The van der Waals surface area contributed by atoms with E-state index in [2.05, 4.69) is 20.9 Å². The Hall–Kier alpha value is -0.650. The monoisotopic (exact) mass is 318 g/mol. The van der Waals surface area contributed by atoms with Crippen LogP contribution < -0.4 is 0 Å². The number of amides is 1. The summed E-state index contributed by atoms with van der Waals surface area (Å²) in [6, 6.07) is 1.64. The number of hydrogen-bond donors (Lipinski definition) is 1. The van der Waals surface area contributed by atoms with E-state index >= 15 is 0 Å². The van der Waals surface area contributed by atoms with Crippen LogP contribution in [0.2, 0.25) is 5.15 Å². The first-order chi connectivity index (χ1) is 7.95. The average Bonchev–Trinajstić information content (AvgIpc) is 2.27. The van der Waals surface area contributed by atoms with Gasteiger partial charge in [0.15, 0.2) is 0 Å². The standard InChI is InChI=1S/C11H12BrClN2O2/c1-2-11(17)5-15(6-11)10(16)8-3-7(12)4-14-9(8)13/h3-4,17H,2,5-6H2,1H3. The van der Waals surface area contributed by atoms with Crippen molar-refractivity contribution in [3.05, 3.63) is 27.5 Å². The number of pyridine rings is 1. The molecule has 1 aromatic heterocycles. The van der Waals surface area contributed by atoms with Gasteiger partial charge in [-0.3, -0.25) is 4.79 Å². The highest BCUT2D eigenvalue weighted by molar-refractivity contribution is 9.10. The molecular weight excluding hydrogens is 307 g/mol. The molecule has 6 heteroatoms. The van der Waals surface area contributed by atoms with E-state index in [1.165, 1.54) is 6.20 Å². The Morgan fingerprint density at radius 1 is 1.71 bits per heavy atom. The zero-order chi connectivity index (χ0) is 12.6. The van der Waals surface area contributed by atoms with E-state index in [4.69, 9.17) is 11.6 Å². The fraction of sp³-hybridized carbons (Fsp3) is 0.455. The molecule has 0 atom stereocenters. The lowest BCUT2D eigenvalue weighted by atomic mass is 9.91. The van der Waals surface area contributed by atoms with Crippen LogP contribution in [0.3, 0.4) is 0 Å². The van der Waals surface area contributed by atoms with Crippen LogP contribution in [0.4, 0.5) is 0 Å². The Labute approximate surface area is 113 Å². The highest BCUT2D eigenvalue weighted by Crippen LogP contribution is 2.28. The van der Waals surface area contributed by atoms with Crippen molar-refractivity contribution >= 4 is 33.4 Å². The Balaban J connectivity index is 2.14. The fourth-order valence-electron chi connectivity index (χ4n) is 1.77. The minimum Gasteiger partial charge on any atom is -0.386 e. The summed E-state index contributed by atoms with van der Waals surface area (Å²) in [5.74, 6) is -0.193. The second-order valence-corrected chi connectivity index (χ2v) is 5.50. The molecule has 0 saturated carbocycles. The summed E-state index contributed by atoms with van der Waals surface area (Å²) in [6.45, 7) is 2.60. The third-order valence-corrected chi connectivity index (χ3v) is 3.69. The number of halogens is 2. The van der Waals surface area contributed by atoms with E-state index in [1.807, 2.05) is 6.92 Å². The van der Waals surface area contributed by atoms with E-state index in [9.17, 15) is 9.90 Å². The molecule has 1 aliphatic heterocycles. The van der Waals surface area contributed by atoms with Crippen molar-refractivity contribution in [1.82, 2.24) is 9.88 Å². The first kappa shape index (κ1) is 12.8. The Bertz CT molecular complexity index is 461. The molecule has 2 rings (SSSR count). The van der Waals surface area contributed by atoms with Crippen LogP contribution in [0.15, 0.2) is 16.7 Å². The summed E-state index contributed by atoms with van der Waals surface area (Å²) in [5, 5.41) is 10.0. The van der Waals surface area contributed by atoms with Crippen LogP contribution in [0.5, 0.6) is 0 Å². The van der Waals surface area contributed by atoms with Crippen molar-refractivity contribution in [1.29, 1.82) is 0 Å². The molecule has 1 aliphatic rings. The largest absolute Gasteiger partial charge is 0.386 e. The van der Waals surface area contributed by atoms with E-state index in [1.54, 1.807) is 11.0 Å². The van der Waals surface area contributed by atoms with Gasteiger partial charge in [0, 0.05) is 10.7 Å². The SMILES string of the molecule is CCC1(O)CN(C(=O)c2cc(Br)cnc2Cl)C1.